The van der Waals surface area contributed by atoms with Gasteiger partial charge in [0, 0.05) is 17.8 Å². The van der Waals surface area contributed by atoms with Gasteiger partial charge in [0.05, 0.1) is 24.9 Å². The van der Waals surface area contributed by atoms with Crippen molar-refractivity contribution in [3.63, 3.8) is 0 Å². The first kappa shape index (κ1) is 16.9. The molecule has 0 atom stereocenters. The number of anilines is 1. The molecule has 2 aromatic rings. The third-order valence-corrected chi connectivity index (χ3v) is 3.59. The monoisotopic (exact) mass is 331 g/mol. The van der Waals surface area contributed by atoms with Crippen LogP contribution in [0.5, 0.6) is 11.5 Å². The van der Waals surface area contributed by atoms with E-state index in [0.717, 1.165) is 11.3 Å². The molecule has 2 rings (SSSR count). The highest BCUT2D eigenvalue weighted by Crippen LogP contribution is 2.28. The lowest BCUT2D eigenvalue weighted by Gasteiger charge is -2.08. The smallest absolute Gasteiger partial charge is 0.187 e. The lowest BCUT2D eigenvalue weighted by atomic mass is 10.1. The van der Waals surface area contributed by atoms with Crippen molar-refractivity contribution < 1.29 is 14.3 Å². The van der Waals surface area contributed by atoms with Crippen LogP contribution in [0.3, 0.4) is 0 Å². The molecular formula is C18H18ClNO3. The molecule has 0 radical (unpaired) electrons. The van der Waals surface area contributed by atoms with E-state index in [4.69, 9.17) is 21.1 Å². The minimum Gasteiger partial charge on any atom is -0.493 e. The van der Waals surface area contributed by atoms with Gasteiger partial charge in [-0.1, -0.05) is 17.7 Å². The highest BCUT2D eigenvalue weighted by molar-refractivity contribution is 6.33. The number of methoxy groups -OCH3 is 2. The SMILES string of the molecule is COc1ccc(C(=O)/C=C\Nc2cc(C)ccc2Cl)cc1OC. The molecule has 0 aromatic heterocycles. The summed E-state index contributed by atoms with van der Waals surface area (Å²) in [6.45, 7) is 1.97. The summed E-state index contributed by atoms with van der Waals surface area (Å²) in [6, 6.07) is 10.7. The maximum absolute atomic E-state index is 12.2. The number of carbonyl (C=O) groups excluding carboxylic acids is 1. The molecule has 0 saturated carbocycles. The van der Waals surface area contributed by atoms with Crippen molar-refractivity contribution in [1.29, 1.82) is 0 Å². The van der Waals surface area contributed by atoms with E-state index in [9.17, 15) is 4.79 Å². The summed E-state index contributed by atoms with van der Waals surface area (Å²) in [5.74, 6) is 0.946. The molecule has 0 aliphatic rings. The van der Waals surface area contributed by atoms with Crippen LogP contribution >= 0.6 is 11.6 Å². The van der Waals surface area contributed by atoms with Crippen molar-refractivity contribution in [2.45, 2.75) is 6.92 Å². The number of aryl methyl sites for hydroxylation is 1. The molecule has 0 aliphatic heterocycles. The number of ketones is 1. The first-order chi connectivity index (χ1) is 11.0. The molecule has 5 heteroatoms. The summed E-state index contributed by atoms with van der Waals surface area (Å²) in [6.07, 6.45) is 3.01. The van der Waals surface area contributed by atoms with Crippen molar-refractivity contribution in [3.8, 4) is 11.5 Å². The van der Waals surface area contributed by atoms with Crippen LogP contribution in [0.2, 0.25) is 5.02 Å². The zero-order valence-electron chi connectivity index (χ0n) is 13.2. The molecule has 2 aromatic carbocycles. The van der Waals surface area contributed by atoms with Gasteiger partial charge in [0.15, 0.2) is 17.3 Å². The van der Waals surface area contributed by atoms with Crippen LogP contribution in [-0.4, -0.2) is 20.0 Å². The van der Waals surface area contributed by atoms with Crippen LogP contribution in [0, 0.1) is 6.92 Å². The van der Waals surface area contributed by atoms with Gasteiger partial charge in [0.25, 0.3) is 0 Å². The lowest BCUT2D eigenvalue weighted by molar-refractivity contribution is 0.104. The third-order valence-electron chi connectivity index (χ3n) is 3.26. The van der Waals surface area contributed by atoms with Gasteiger partial charge in [-0.15, -0.1) is 0 Å². The summed E-state index contributed by atoms with van der Waals surface area (Å²) < 4.78 is 10.3. The number of nitrogens with one attached hydrogen (secondary N) is 1. The Morgan fingerprint density at radius 3 is 2.52 bits per heavy atom. The van der Waals surface area contributed by atoms with Crippen LogP contribution in [0.15, 0.2) is 48.7 Å². The van der Waals surface area contributed by atoms with E-state index in [-0.39, 0.29) is 5.78 Å². The zero-order valence-corrected chi connectivity index (χ0v) is 14.0. The molecule has 1 N–H and O–H groups in total. The van der Waals surface area contributed by atoms with Crippen molar-refractivity contribution >= 4 is 23.1 Å². The molecule has 0 spiro atoms. The average molecular weight is 332 g/mol. The third kappa shape index (κ3) is 4.27. The van der Waals surface area contributed by atoms with Gasteiger partial charge < -0.3 is 14.8 Å². The van der Waals surface area contributed by atoms with Crippen LogP contribution in [0.25, 0.3) is 0 Å². The van der Waals surface area contributed by atoms with Crippen LogP contribution in [-0.2, 0) is 0 Å². The van der Waals surface area contributed by atoms with E-state index in [1.807, 2.05) is 25.1 Å². The van der Waals surface area contributed by atoms with E-state index in [0.29, 0.717) is 22.1 Å². The maximum atomic E-state index is 12.2. The van der Waals surface area contributed by atoms with E-state index in [2.05, 4.69) is 5.32 Å². The summed E-state index contributed by atoms with van der Waals surface area (Å²) in [7, 11) is 3.08. The van der Waals surface area contributed by atoms with Crippen molar-refractivity contribution in [2.24, 2.45) is 0 Å². The quantitative estimate of drug-likeness (QED) is 0.626. The Kier molecular flexibility index (Phi) is 5.66. The summed E-state index contributed by atoms with van der Waals surface area (Å²) in [5, 5.41) is 3.61. The van der Waals surface area contributed by atoms with Gasteiger partial charge in [0.1, 0.15) is 0 Å². The van der Waals surface area contributed by atoms with Gasteiger partial charge >= 0.3 is 0 Å². The van der Waals surface area contributed by atoms with Gasteiger partial charge in [-0.3, -0.25) is 4.79 Å². The van der Waals surface area contributed by atoms with Crippen molar-refractivity contribution in [2.75, 3.05) is 19.5 Å². The Morgan fingerprint density at radius 1 is 1.09 bits per heavy atom. The van der Waals surface area contributed by atoms with Crippen LogP contribution < -0.4 is 14.8 Å². The second-order valence-corrected chi connectivity index (χ2v) is 5.30. The van der Waals surface area contributed by atoms with Crippen molar-refractivity contribution in [3.05, 3.63) is 64.8 Å². The van der Waals surface area contributed by atoms with Crippen LogP contribution in [0.4, 0.5) is 5.69 Å². The highest BCUT2D eigenvalue weighted by atomic mass is 35.5. The first-order valence-electron chi connectivity index (χ1n) is 7.00. The predicted octanol–water partition coefficient (Wildman–Crippen LogP) is 4.47. The largest absolute Gasteiger partial charge is 0.493 e. The van der Waals surface area contributed by atoms with E-state index < -0.39 is 0 Å². The summed E-state index contributed by atoms with van der Waals surface area (Å²) >= 11 is 6.09. The van der Waals surface area contributed by atoms with Gasteiger partial charge in [-0.2, -0.15) is 0 Å². The first-order valence-corrected chi connectivity index (χ1v) is 7.38. The fourth-order valence-electron chi connectivity index (χ4n) is 2.04. The Morgan fingerprint density at radius 2 is 1.83 bits per heavy atom. The summed E-state index contributed by atoms with van der Waals surface area (Å²) in [4.78, 5) is 12.2. The Labute approximate surface area is 140 Å². The van der Waals surface area contributed by atoms with E-state index >= 15 is 0 Å². The van der Waals surface area contributed by atoms with Gasteiger partial charge in [-0.25, -0.2) is 0 Å². The molecule has 0 saturated heterocycles. The fraction of sp³-hybridized carbons (Fsp3) is 0.167. The van der Waals surface area contributed by atoms with Gasteiger partial charge in [-0.05, 0) is 42.8 Å². The fourth-order valence-corrected chi connectivity index (χ4v) is 2.21. The lowest BCUT2D eigenvalue weighted by Crippen LogP contribution is -1.99. The standard InChI is InChI=1S/C18H18ClNO3/c1-12-4-6-14(19)15(10-12)20-9-8-16(21)13-5-7-17(22-2)18(11-13)23-3/h4-11,20H,1-3H3/b9-8-. The topological polar surface area (TPSA) is 47.6 Å². The van der Waals surface area contributed by atoms with E-state index in [1.54, 1.807) is 31.5 Å². The molecule has 0 fully saturated rings. The van der Waals surface area contributed by atoms with Gasteiger partial charge in [0.2, 0.25) is 0 Å². The molecule has 120 valence electrons. The molecular weight excluding hydrogens is 314 g/mol. The number of allylic oxidation sites excluding steroid dienone is 1. The normalized spacial score (nSPS) is 10.6. The minimum absolute atomic E-state index is 0.151. The number of hydrogen-bond donors (Lipinski definition) is 1. The molecule has 0 amide bonds. The molecule has 4 nitrogen and oxygen atoms in total. The number of halogens is 1. The minimum atomic E-state index is -0.151. The Balaban J connectivity index is 2.11. The second-order valence-electron chi connectivity index (χ2n) is 4.89. The van der Waals surface area contributed by atoms with Crippen molar-refractivity contribution in [1.82, 2.24) is 0 Å². The number of benzene rings is 2. The number of carbonyl (C=O) groups is 1. The molecule has 0 heterocycles. The second kappa shape index (κ2) is 7.70. The molecule has 0 unspecified atom stereocenters. The molecule has 23 heavy (non-hydrogen) atoms. The van der Waals surface area contributed by atoms with Crippen LogP contribution in [0.1, 0.15) is 15.9 Å². The number of rotatable bonds is 6. The maximum Gasteiger partial charge on any atom is 0.187 e. The highest BCUT2D eigenvalue weighted by Gasteiger charge is 2.08. The summed E-state index contributed by atoms with van der Waals surface area (Å²) in [5.41, 5.74) is 2.34. The number of ether oxygens (including phenoxy) is 2. The average Bonchev–Trinajstić information content (AvgIpc) is 2.57. The Bertz CT molecular complexity index is 741. The molecule has 0 aliphatic carbocycles. The zero-order chi connectivity index (χ0) is 16.8. The van der Waals surface area contributed by atoms with E-state index in [1.165, 1.54) is 13.2 Å². The molecule has 0 bridgehead atoms. The predicted molar refractivity (Wildman–Crippen MR) is 92.8 cm³/mol. The Hall–Kier alpha value is -2.46. The number of hydrogen-bond acceptors (Lipinski definition) is 4.